The fraction of sp³-hybridized carbons (Fsp3) is 0. The Bertz CT molecular complexity index is 448. The van der Waals surface area contributed by atoms with Crippen molar-refractivity contribution in [3.63, 3.8) is 0 Å². The lowest BCUT2D eigenvalue weighted by Gasteiger charge is -1.96. The quantitative estimate of drug-likeness (QED) is 0.678. The molecule has 0 unspecified atom stereocenters. The van der Waals surface area contributed by atoms with Gasteiger partial charge in [0.15, 0.2) is 5.76 Å². The van der Waals surface area contributed by atoms with E-state index in [0.717, 1.165) is 0 Å². The Kier molecular flexibility index (Phi) is 1.81. The highest BCUT2D eigenvalue weighted by Gasteiger charge is 2.28. The molecule has 0 heterocycles. The number of rotatable bonds is 2. The van der Waals surface area contributed by atoms with Gasteiger partial charge >= 0.3 is 0 Å². The van der Waals surface area contributed by atoms with Crippen LogP contribution in [0, 0.1) is 0 Å². The third kappa shape index (κ3) is 1.01. The summed E-state index contributed by atoms with van der Waals surface area (Å²) in [5.41, 5.74) is 0.817. The number of fused-ring (bicyclic) bond motifs is 1. The summed E-state index contributed by atoms with van der Waals surface area (Å²) < 4.78 is 0. The summed E-state index contributed by atoms with van der Waals surface area (Å²) in [5.74, 6) is -0.525. The molecule has 0 aromatic heterocycles. The number of amides is 1. The summed E-state index contributed by atoms with van der Waals surface area (Å²) in [5, 5.41) is 11.8. The minimum Gasteiger partial charge on any atom is -0.505 e. The summed E-state index contributed by atoms with van der Waals surface area (Å²) in [6, 6.07) is 6.65. The van der Waals surface area contributed by atoms with E-state index < -0.39 is 0 Å². The van der Waals surface area contributed by atoms with Crippen molar-refractivity contribution in [2.45, 2.75) is 0 Å². The van der Waals surface area contributed by atoms with Gasteiger partial charge in [-0.15, -0.1) is 0 Å². The van der Waals surface area contributed by atoms with Crippen LogP contribution in [0.15, 0.2) is 30.0 Å². The number of aliphatic hydroxyl groups excluding tert-OH is 1. The maximum Gasteiger partial charge on any atom is 0.213 e. The predicted octanol–water partition coefficient (Wildman–Crippen LogP) is 0.856. The van der Waals surface area contributed by atoms with E-state index in [1.807, 2.05) is 0 Å². The van der Waals surface area contributed by atoms with Crippen LogP contribution < -0.4 is 5.32 Å². The topological polar surface area (TPSA) is 66.4 Å². The molecule has 1 aliphatic carbocycles. The van der Waals surface area contributed by atoms with Crippen LogP contribution in [0.3, 0.4) is 0 Å². The molecule has 0 spiro atoms. The van der Waals surface area contributed by atoms with Crippen LogP contribution in [0.1, 0.15) is 15.9 Å². The Hall–Kier alpha value is -2.10. The van der Waals surface area contributed by atoms with Crippen LogP contribution in [0.4, 0.5) is 0 Å². The minimum absolute atomic E-state index is 0.0544. The average molecular weight is 189 g/mol. The molecule has 14 heavy (non-hydrogen) atoms. The fourth-order valence-corrected chi connectivity index (χ4v) is 1.46. The first-order valence-corrected chi connectivity index (χ1v) is 4.03. The van der Waals surface area contributed by atoms with Crippen molar-refractivity contribution in [1.29, 1.82) is 0 Å². The first kappa shape index (κ1) is 8.50. The number of aliphatic hydroxyl groups is 1. The standard InChI is InChI=1S/C10H7NO3/c12-5-11-8-9(13)6-3-1-2-4-7(6)10(8)14/h1-5H,(H2,11,12,13,14). The number of hydrogen-bond donors (Lipinski definition) is 2. The maximum atomic E-state index is 11.6. The first-order valence-electron chi connectivity index (χ1n) is 4.03. The molecule has 0 fully saturated rings. The lowest BCUT2D eigenvalue weighted by Crippen LogP contribution is -2.16. The smallest absolute Gasteiger partial charge is 0.213 e. The SMILES string of the molecule is O=CNC1=C(O)c2ccccc2C1=O. The maximum absolute atomic E-state index is 11.6. The van der Waals surface area contributed by atoms with Gasteiger partial charge in [0.1, 0.15) is 5.70 Å². The van der Waals surface area contributed by atoms with E-state index in [4.69, 9.17) is 0 Å². The van der Waals surface area contributed by atoms with Crippen LogP contribution in [-0.4, -0.2) is 17.3 Å². The number of Topliss-reactive ketones (excluding diaryl/α,β-unsaturated/α-hetero) is 1. The first-order chi connectivity index (χ1) is 6.75. The van der Waals surface area contributed by atoms with Crippen LogP contribution in [-0.2, 0) is 4.79 Å². The Morgan fingerprint density at radius 2 is 1.86 bits per heavy atom. The number of nitrogens with one attached hydrogen (secondary N) is 1. The highest BCUT2D eigenvalue weighted by atomic mass is 16.3. The fourth-order valence-electron chi connectivity index (χ4n) is 1.46. The molecule has 0 aliphatic heterocycles. The molecule has 0 saturated carbocycles. The van der Waals surface area contributed by atoms with Crippen molar-refractivity contribution in [3.05, 3.63) is 41.1 Å². The predicted molar refractivity (Wildman–Crippen MR) is 49.5 cm³/mol. The zero-order chi connectivity index (χ0) is 10.1. The number of ketones is 1. The average Bonchev–Trinajstić information content (AvgIpc) is 2.45. The van der Waals surface area contributed by atoms with Gasteiger partial charge in [-0.2, -0.15) is 0 Å². The van der Waals surface area contributed by atoms with E-state index in [1.54, 1.807) is 24.3 Å². The molecular weight excluding hydrogens is 182 g/mol. The van der Waals surface area contributed by atoms with Crippen LogP contribution in [0.25, 0.3) is 5.76 Å². The number of carbonyl (C=O) groups is 2. The second-order valence-corrected chi connectivity index (χ2v) is 2.86. The van der Waals surface area contributed by atoms with E-state index in [1.165, 1.54) is 0 Å². The van der Waals surface area contributed by atoms with Crippen molar-refractivity contribution < 1.29 is 14.7 Å². The van der Waals surface area contributed by atoms with Gasteiger partial charge in [0, 0.05) is 11.1 Å². The molecule has 0 bridgehead atoms. The van der Waals surface area contributed by atoms with Crippen molar-refractivity contribution in [2.24, 2.45) is 0 Å². The van der Waals surface area contributed by atoms with Gasteiger partial charge in [0.2, 0.25) is 12.2 Å². The molecule has 4 nitrogen and oxygen atoms in total. The third-order valence-corrected chi connectivity index (χ3v) is 2.09. The molecule has 0 saturated heterocycles. The monoisotopic (exact) mass is 189 g/mol. The highest BCUT2D eigenvalue weighted by molar-refractivity contribution is 6.19. The Morgan fingerprint density at radius 3 is 2.43 bits per heavy atom. The molecule has 2 N–H and O–H groups in total. The lowest BCUT2D eigenvalue weighted by molar-refractivity contribution is -0.108. The van der Waals surface area contributed by atoms with Gasteiger partial charge in [-0.25, -0.2) is 0 Å². The van der Waals surface area contributed by atoms with E-state index >= 15 is 0 Å². The van der Waals surface area contributed by atoms with Gasteiger partial charge in [-0.05, 0) is 0 Å². The third-order valence-electron chi connectivity index (χ3n) is 2.09. The van der Waals surface area contributed by atoms with Gasteiger partial charge in [-0.3, -0.25) is 9.59 Å². The number of carbonyl (C=O) groups excluding carboxylic acids is 2. The Morgan fingerprint density at radius 1 is 1.21 bits per heavy atom. The summed E-state index contributed by atoms with van der Waals surface area (Å²) >= 11 is 0. The van der Waals surface area contributed by atoms with E-state index in [0.29, 0.717) is 17.5 Å². The molecule has 1 aliphatic rings. The summed E-state index contributed by atoms with van der Waals surface area (Å²) in [6.45, 7) is 0. The molecule has 70 valence electrons. The van der Waals surface area contributed by atoms with Gasteiger partial charge in [-0.1, -0.05) is 24.3 Å². The van der Waals surface area contributed by atoms with E-state index in [2.05, 4.69) is 5.32 Å². The van der Waals surface area contributed by atoms with Crippen molar-refractivity contribution in [2.75, 3.05) is 0 Å². The normalized spacial score (nSPS) is 14.1. The van der Waals surface area contributed by atoms with Crippen LogP contribution in [0.2, 0.25) is 0 Å². The largest absolute Gasteiger partial charge is 0.505 e. The summed E-state index contributed by atoms with van der Waals surface area (Å²) in [7, 11) is 0. The van der Waals surface area contributed by atoms with Gasteiger partial charge in [0.25, 0.3) is 0 Å². The minimum atomic E-state index is -0.356. The summed E-state index contributed by atoms with van der Waals surface area (Å²) in [4.78, 5) is 21.8. The molecule has 4 heteroatoms. The number of allylic oxidation sites excluding steroid dienone is 1. The number of hydrogen-bond acceptors (Lipinski definition) is 3. The summed E-state index contributed by atoms with van der Waals surface area (Å²) in [6.07, 6.45) is 0.370. The molecule has 0 atom stereocenters. The molecule has 1 aromatic rings. The zero-order valence-electron chi connectivity index (χ0n) is 7.15. The lowest BCUT2D eigenvalue weighted by atomic mass is 10.1. The van der Waals surface area contributed by atoms with Gasteiger partial charge in [0.05, 0.1) is 0 Å². The molecule has 0 radical (unpaired) electrons. The Balaban J connectivity index is 2.56. The van der Waals surface area contributed by atoms with Gasteiger partial charge < -0.3 is 10.4 Å². The second-order valence-electron chi connectivity index (χ2n) is 2.86. The Labute approximate surface area is 79.9 Å². The van der Waals surface area contributed by atoms with Crippen LogP contribution >= 0.6 is 0 Å². The zero-order valence-corrected chi connectivity index (χ0v) is 7.15. The van der Waals surface area contributed by atoms with E-state index in [-0.39, 0.29) is 17.2 Å². The molecule has 2 rings (SSSR count). The van der Waals surface area contributed by atoms with Crippen molar-refractivity contribution in [1.82, 2.24) is 5.32 Å². The number of benzene rings is 1. The molecule has 1 amide bonds. The molecule has 1 aromatic carbocycles. The highest BCUT2D eigenvalue weighted by Crippen LogP contribution is 2.28. The van der Waals surface area contributed by atoms with Crippen LogP contribution in [0.5, 0.6) is 0 Å². The molecular formula is C10H7NO3. The van der Waals surface area contributed by atoms with Crippen molar-refractivity contribution in [3.8, 4) is 0 Å². The second kappa shape index (κ2) is 2.99. The van der Waals surface area contributed by atoms with Crippen molar-refractivity contribution >= 4 is 18.0 Å². The van der Waals surface area contributed by atoms with E-state index in [9.17, 15) is 14.7 Å².